The zero-order valence-electron chi connectivity index (χ0n) is 9.70. The molecule has 2 N–H and O–H groups in total. The van der Waals surface area contributed by atoms with Crippen LogP contribution in [0.4, 0.5) is 0 Å². The van der Waals surface area contributed by atoms with E-state index in [-0.39, 0.29) is 23.5 Å². The zero-order valence-corrected chi connectivity index (χ0v) is 10.5. The number of sulfonamides is 1. The van der Waals surface area contributed by atoms with Crippen molar-refractivity contribution >= 4 is 22.0 Å². The minimum Gasteiger partial charge on any atom is -0.478 e. The molecular weight excluding hydrogens is 274 g/mol. The highest BCUT2D eigenvalue weighted by molar-refractivity contribution is 7.89. The van der Waals surface area contributed by atoms with Gasteiger partial charge in [0.25, 0.3) is 0 Å². The molecule has 0 amide bonds. The van der Waals surface area contributed by atoms with E-state index in [1.54, 1.807) is 0 Å². The summed E-state index contributed by atoms with van der Waals surface area (Å²) in [4.78, 5) is 21.8. The number of carbonyl (C=O) groups is 2. The molecule has 19 heavy (non-hydrogen) atoms. The second kappa shape index (κ2) is 4.98. The predicted octanol–water partition coefficient (Wildman–Crippen LogP) is -0.0214. The van der Waals surface area contributed by atoms with Gasteiger partial charge in [-0.25, -0.2) is 13.2 Å². The SMILES string of the molecule is O=C(O)c1ccc(S(=O)(=O)NC2CCOC2=O)cc1. The van der Waals surface area contributed by atoms with Gasteiger partial charge < -0.3 is 9.84 Å². The van der Waals surface area contributed by atoms with E-state index < -0.39 is 28.0 Å². The van der Waals surface area contributed by atoms with E-state index in [2.05, 4.69) is 9.46 Å². The Labute approximate surface area is 109 Å². The van der Waals surface area contributed by atoms with Gasteiger partial charge in [0, 0.05) is 6.42 Å². The summed E-state index contributed by atoms with van der Waals surface area (Å²) >= 11 is 0. The Bertz CT molecular complexity index is 607. The highest BCUT2D eigenvalue weighted by atomic mass is 32.2. The molecule has 0 saturated carbocycles. The molecule has 0 radical (unpaired) electrons. The van der Waals surface area contributed by atoms with Gasteiger partial charge in [0.1, 0.15) is 6.04 Å². The summed E-state index contributed by atoms with van der Waals surface area (Å²) in [6, 6.07) is 3.83. The molecule has 8 heteroatoms. The van der Waals surface area contributed by atoms with Gasteiger partial charge in [-0.15, -0.1) is 0 Å². The van der Waals surface area contributed by atoms with E-state index in [9.17, 15) is 18.0 Å². The molecule has 7 nitrogen and oxygen atoms in total. The average Bonchev–Trinajstić information content (AvgIpc) is 2.74. The minimum atomic E-state index is -3.86. The van der Waals surface area contributed by atoms with Crippen molar-refractivity contribution in [3.63, 3.8) is 0 Å². The molecule has 1 fully saturated rings. The van der Waals surface area contributed by atoms with Crippen molar-refractivity contribution in [3.05, 3.63) is 29.8 Å². The normalized spacial score (nSPS) is 19.2. The Morgan fingerprint density at radius 1 is 1.32 bits per heavy atom. The first-order valence-electron chi connectivity index (χ1n) is 5.42. The molecule has 1 heterocycles. The van der Waals surface area contributed by atoms with Gasteiger partial charge in [0.05, 0.1) is 17.1 Å². The summed E-state index contributed by atoms with van der Waals surface area (Å²) in [6.07, 6.45) is 0.283. The largest absolute Gasteiger partial charge is 0.478 e. The second-order valence-electron chi connectivity index (χ2n) is 3.96. The molecule has 0 aromatic heterocycles. The first-order valence-corrected chi connectivity index (χ1v) is 6.91. The number of nitrogens with one attached hydrogen (secondary N) is 1. The summed E-state index contributed by atoms with van der Waals surface area (Å²) in [5.41, 5.74) is -0.0146. The van der Waals surface area contributed by atoms with E-state index in [0.29, 0.717) is 0 Å². The van der Waals surface area contributed by atoms with Crippen LogP contribution in [0.3, 0.4) is 0 Å². The lowest BCUT2D eigenvalue weighted by molar-refractivity contribution is -0.139. The maximum Gasteiger partial charge on any atom is 0.335 e. The third-order valence-corrected chi connectivity index (χ3v) is 4.13. The molecule has 0 spiro atoms. The quantitative estimate of drug-likeness (QED) is 0.752. The van der Waals surface area contributed by atoms with Gasteiger partial charge in [-0.05, 0) is 24.3 Å². The van der Waals surface area contributed by atoms with E-state index >= 15 is 0 Å². The van der Waals surface area contributed by atoms with Crippen LogP contribution in [0.15, 0.2) is 29.2 Å². The number of hydrogen-bond donors (Lipinski definition) is 2. The summed E-state index contributed by atoms with van der Waals surface area (Å²) in [5.74, 6) is -1.75. The van der Waals surface area contributed by atoms with Gasteiger partial charge in [-0.3, -0.25) is 4.79 Å². The highest BCUT2D eigenvalue weighted by Crippen LogP contribution is 2.14. The molecule has 1 aliphatic heterocycles. The third kappa shape index (κ3) is 2.91. The lowest BCUT2D eigenvalue weighted by Gasteiger charge is -2.09. The first-order chi connectivity index (χ1) is 8.90. The van der Waals surface area contributed by atoms with Crippen molar-refractivity contribution in [3.8, 4) is 0 Å². The van der Waals surface area contributed by atoms with Crippen molar-refractivity contribution in [2.75, 3.05) is 6.61 Å². The maximum atomic E-state index is 11.9. The molecule has 0 aliphatic carbocycles. The van der Waals surface area contributed by atoms with Gasteiger partial charge in [0.2, 0.25) is 10.0 Å². The Kier molecular flexibility index (Phi) is 3.54. The van der Waals surface area contributed by atoms with Crippen molar-refractivity contribution in [2.45, 2.75) is 17.4 Å². The first kappa shape index (κ1) is 13.5. The maximum absolute atomic E-state index is 11.9. The number of ether oxygens (including phenoxy) is 1. The molecule has 1 saturated heterocycles. The number of aromatic carboxylic acids is 1. The molecule has 1 aliphatic rings. The lowest BCUT2D eigenvalue weighted by Crippen LogP contribution is -2.37. The number of esters is 1. The molecule has 1 aromatic carbocycles. The molecule has 2 rings (SSSR count). The molecule has 1 aromatic rings. The van der Waals surface area contributed by atoms with Crippen LogP contribution in [0.1, 0.15) is 16.8 Å². The fraction of sp³-hybridized carbons (Fsp3) is 0.273. The second-order valence-corrected chi connectivity index (χ2v) is 5.67. The predicted molar refractivity (Wildman–Crippen MR) is 63.1 cm³/mol. The fourth-order valence-electron chi connectivity index (χ4n) is 1.63. The lowest BCUT2D eigenvalue weighted by atomic mass is 10.2. The van der Waals surface area contributed by atoms with Gasteiger partial charge >= 0.3 is 11.9 Å². The number of benzene rings is 1. The highest BCUT2D eigenvalue weighted by Gasteiger charge is 2.31. The van der Waals surface area contributed by atoms with Crippen molar-refractivity contribution in [1.29, 1.82) is 0 Å². The van der Waals surface area contributed by atoms with Gasteiger partial charge in [0.15, 0.2) is 0 Å². The summed E-state index contributed by atoms with van der Waals surface area (Å²) < 4.78 is 30.8. The third-order valence-electron chi connectivity index (χ3n) is 2.64. The van der Waals surface area contributed by atoms with Crippen molar-refractivity contribution in [2.24, 2.45) is 0 Å². The van der Waals surface area contributed by atoms with E-state index in [1.807, 2.05) is 0 Å². The summed E-state index contributed by atoms with van der Waals surface area (Å²) in [5, 5.41) is 8.72. The Balaban J connectivity index is 2.19. The average molecular weight is 285 g/mol. The zero-order chi connectivity index (χ0) is 14.0. The summed E-state index contributed by atoms with van der Waals surface area (Å²) in [6.45, 7) is 0.184. The minimum absolute atomic E-state index is 0.0146. The van der Waals surface area contributed by atoms with Crippen LogP contribution >= 0.6 is 0 Å². The van der Waals surface area contributed by atoms with Gasteiger partial charge in [-0.2, -0.15) is 4.72 Å². The van der Waals surface area contributed by atoms with Crippen LogP contribution in [-0.2, 0) is 19.6 Å². The van der Waals surface area contributed by atoms with Crippen LogP contribution < -0.4 is 4.72 Å². The number of rotatable bonds is 4. The molecule has 1 unspecified atom stereocenters. The Morgan fingerprint density at radius 2 is 1.95 bits per heavy atom. The van der Waals surface area contributed by atoms with Crippen molar-refractivity contribution in [1.82, 2.24) is 4.72 Å². The van der Waals surface area contributed by atoms with Gasteiger partial charge in [-0.1, -0.05) is 0 Å². The van der Waals surface area contributed by atoms with E-state index in [0.717, 1.165) is 0 Å². The number of hydrogen-bond acceptors (Lipinski definition) is 5. The van der Waals surface area contributed by atoms with Crippen LogP contribution in [0.5, 0.6) is 0 Å². The molecule has 1 atom stereocenters. The number of carbonyl (C=O) groups excluding carboxylic acids is 1. The Hall–Kier alpha value is -1.93. The van der Waals surface area contributed by atoms with Crippen molar-refractivity contribution < 1.29 is 27.9 Å². The topological polar surface area (TPSA) is 110 Å². The monoisotopic (exact) mass is 285 g/mol. The Morgan fingerprint density at radius 3 is 2.42 bits per heavy atom. The van der Waals surface area contributed by atoms with E-state index in [1.165, 1.54) is 24.3 Å². The number of cyclic esters (lactones) is 1. The van der Waals surface area contributed by atoms with Crippen LogP contribution in [-0.4, -0.2) is 38.1 Å². The fourth-order valence-corrected chi connectivity index (χ4v) is 2.85. The molecule has 102 valence electrons. The van der Waals surface area contributed by atoms with Crippen LogP contribution in [0.25, 0.3) is 0 Å². The summed E-state index contributed by atoms with van der Waals surface area (Å²) in [7, 11) is -3.86. The number of carboxylic acid groups (broad SMARTS) is 1. The van der Waals surface area contributed by atoms with Crippen LogP contribution in [0, 0.1) is 0 Å². The van der Waals surface area contributed by atoms with E-state index in [4.69, 9.17) is 5.11 Å². The standard InChI is InChI=1S/C11H11NO6S/c13-10(14)7-1-3-8(4-2-7)19(16,17)12-9-5-6-18-11(9)15/h1-4,9,12H,5-6H2,(H,13,14). The smallest absolute Gasteiger partial charge is 0.335 e. The molecule has 0 bridgehead atoms. The van der Waals surface area contributed by atoms with Crippen LogP contribution in [0.2, 0.25) is 0 Å². The molecular formula is C11H11NO6S. The number of carboxylic acids is 1.